The van der Waals surface area contributed by atoms with E-state index in [4.69, 9.17) is 5.73 Å². The van der Waals surface area contributed by atoms with Crippen LogP contribution in [0, 0.1) is 11.8 Å². The van der Waals surface area contributed by atoms with E-state index in [0.29, 0.717) is 12.3 Å². The molecule has 14 heavy (non-hydrogen) atoms. The number of primary amides is 1. The number of carbonyl (C=O) groups excluding carboxylic acids is 1. The molecular formula is C11H22N2O. The van der Waals surface area contributed by atoms with Crippen molar-refractivity contribution in [2.24, 2.45) is 17.6 Å². The lowest BCUT2D eigenvalue weighted by Gasteiger charge is -2.27. The van der Waals surface area contributed by atoms with Crippen LogP contribution in [0.4, 0.5) is 0 Å². The standard InChI is InChI=1S/C11H22N2O/c1-2-13-8-10-5-3-9(4-6-10)7-11(12)14/h9-10,13H,2-8H2,1H3,(H2,12,14)/t9-,10+. The van der Waals surface area contributed by atoms with Gasteiger partial charge in [-0.05, 0) is 50.6 Å². The van der Waals surface area contributed by atoms with Gasteiger partial charge in [0.25, 0.3) is 0 Å². The Morgan fingerprint density at radius 2 is 1.86 bits per heavy atom. The van der Waals surface area contributed by atoms with E-state index in [1.807, 2.05) is 0 Å². The van der Waals surface area contributed by atoms with Crippen LogP contribution < -0.4 is 11.1 Å². The minimum absolute atomic E-state index is 0.139. The second-order valence-electron chi connectivity index (χ2n) is 4.36. The molecule has 0 radical (unpaired) electrons. The van der Waals surface area contributed by atoms with E-state index in [1.54, 1.807) is 0 Å². The maximum Gasteiger partial charge on any atom is 0.217 e. The Bertz CT molecular complexity index is 174. The second kappa shape index (κ2) is 6.02. The van der Waals surface area contributed by atoms with Crippen LogP contribution in [-0.2, 0) is 4.79 Å². The number of hydrogen-bond donors (Lipinski definition) is 2. The Morgan fingerprint density at radius 1 is 1.29 bits per heavy atom. The van der Waals surface area contributed by atoms with Gasteiger partial charge < -0.3 is 11.1 Å². The zero-order chi connectivity index (χ0) is 10.4. The minimum atomic E-state index is -0.139. The van der Waals surface area contributed by atoms with E-state index >= 15 is 0 Å². The molecule has 0 atom stereocenters. The summed E-state index contributed by atoms with van der Waals surface area (Å²) in [7, 11) is 0. The second-order valence-corrected chi connectivity index (χ2v) is 4.36. The van der Waals surface area contributed by atoms with Gasteiger partial charge in [0.15, 0.2) is 0 Å². The molecule has 0 aromatic carbocycles. The highest BCUT2D eigenvalue weighted by Gasteiger charge is 2.21. The maximum atomic E-state index is 10.7. The smallest absolute Gasteiger partial charge is 0.217 e. The lowest BCUT2D eigenvalue weighted by Crippen LogP contribution is -2.27. The third-order valence-corrected chi connectivity index (χ3v) is 3.14. The molecule has 1 aliphatic carbocycles. The van der Waals surface area contributed by atoms with E-state index in [1.165, 1.54) is 25.7 Å². The van der Waals surface area contributed by atoms with E-state index in [2.05, 4.69) is 12.2 Å². The van der Waals surface area contributed by atoms with Crippen LogP contribution in [0.5, 0.6) is 0 Å². The topological polar surface area (TPSA) is 55.1 Å². The van der Waals surface area contributed by atoms with E-state index in [9.17, 15) is 4.79 Å². The van der Waals surface area contributed by atoms with Crippen molar-refractivity contribution in [3.05, 3.63) is 0 Å². The largest absolute Gasteiger partial charge is 0.370 e. The van der Waals surface area contributed by atoms with Gasteiger partial charge in [-0.1, -0.05) is 6.92 Å². The van der Waals surface area contributed by atoms with Gasteiger partial charge in [-0.2, -0.15) is 0 Å². The highest BCUT2D eigenvalue weighted by molar-refractivity contribution is 5.73. The summed E-state index contributed by atoms with van der Waals surface area (Å²) in [5, 5.41) is 3.38. The molecule has 1 fully saturated rings. The van der Waals surface area contributed by atoms with Crippen LogP contribution in [0.1, 0.15) is 39.0 Å². The Kier molecular flexibility index (Phi) is 4.94. The average molecular weight is 198 g/mol. The van der Waals surface area contributed by atoms with Crippen LogP contribution in [0.25, 0.3) is 0 Å². The summed E-state index contributed by atoms with van der Waals surface area (Å²) in [6, 6.07) is 0. The van der Waals surface area contributed by atoms with Crippen molar-refractivity contribution >= 4 is 5.91 Å². The summed E-state index contributed by atoms with van der Waals surface area (Å²) >= 11 is 0. The number of rotatable bonds is 5. The van der Waals surface area contributed by atoms with Gasteiger partial charge in [0.1, 0.15) is 0 Å². The van der Waals surface area contributed by atoms with Crippen LogP contribution >= 0.6 is 0 Å². The van der Waals surface area contributed by atoms with Crippen molar-refractivity contribution in [3.8, 4) is 0 Å². The first-order chi connectivity index (χ1) is 6.72. The quantitative estimate of drug-likeness (QED) is 0.699. The van der Waals surface area contributed by atoms with Gasteiger partial charge in [-0.15, -0.1) is 0 Å². The normalized spacial score (nSPS) is 27.5. The monoisotopic (exact) mass is 198 g/mol. The average Bonchev–Trinajstić information content (AvgIpc) is 2.16. The summed E-state index contributed by atoms with van der Waals surface area (Å²) in [5.74, 6) is 1.24. The molecule has 0 aliphatic heterocycles. The van der Waals surface area contributed by atoms with E-state index in [0.717, 1.165) is 19.0 Å². The molecule has 1 amide bonds. The Labute approximate surface area is 86.4 Å². The Balaban J connectivity index is 2.14. The van der Waals surface area contributed by atoms with Crippen LogP contribution in [0.3, 0.4) is 0 Å². The summed E-state index contributed by atoms with van der Waals surface area (Å²) in [4.78, 5) is 10.7. The molecule has 0 aromatic rings. The van der Waals surface area contributed by atoms with Crippen LogP contribution in [0.15, 0.2) is 0 Å². The lowest BCUT2D eigenvalue weighted by atomic mass is 9.80. The number of carbonyl (C=O) groups is 1. The molecular weight excluding hydrogens is 176 g/mol. The highest BCUT2D eigenvalue weighted by Crippen LogP contribution is 2.30. The van der Waals surface area contributed by atoms with Crippen molar-refractivity contribution in [3.63, 3.8) is 0 Å². The molecule has 1 saturated carbocycles. The van der Waals surface area contributed by atoms with Gasteiger partial charge in [-0.25, -0.2) is 0 Å². The molecule has 1 aliphatic rings. The zero-order valence-electron chi connectivity index (χ0n) is 9.09. The number of amides is 1. The molecule has 3 N–H and O–H groups in total. The summed E-state index contributed by atoms with van der Waals surface area (Å²) < 4.78 is 0. The molecule has 0 unspecified atom stereocenters. The molecule has 3 heteroatoms. The third-order valence-electron chi connectivity index (χ3n) is 3.14. The summed E-state index contributed by atoms with van der Waals surface area (Å²) in [6.45, 7) is 4.33. The molecule has 82 valence electrons. The van der Waals surface area contributed by atoms with Gasteiger partial charge in [0.2, 0.25) is 5.91 Å². The Morgan fingerprint density at radius 3 is 2.36 bits per heavy atom. The summed E-state index contributed by atoms with van der Waals surface area (Å²) in [5.41, 5.74) is 5.19. The van der Waals surface area contributed by atoms with Crippen molar-refractivity contribution in [2.75, 3.05) is 13.1 Å². The predicted octanol–water partition coefficient (Wildman–Crippen LogP) is 1.28. The first kappa shape index (κ1) is 11.5. The highest BCUT2D eigenvalue weighted by atomic mass is 16.1. The summed E-state index contributed by atoms with van der Waals surface area (Å²) in [6.07, 6.45) is 5.46. The van der Waals surface area contributed by atoms with Crippen LogP contribution in [0.2, 0.25) is 0 Å². The Hall–Kier alpha value is -0.570. The van der Waals surface area contributed by atoms with Gasteiger partial charge in [0.05, 0.1) is 0 Å². The fourth-order valence-corrected chi connectivity index (χ4v) is 2.27. The fourth-order valence-electron chi connectivity index (χ4n) is 2.27. The van der Waals surface area contributed by atoms with Crippen molar-refractivity contribution in [1.82, 2.24) is 5.32 Å². The van der Waals surface area contributed by atoms with Gasteiger partial charge >= 0.3 is 0 Å². The molecule has 0 heterocycles. The molecule has 3 nitrogen and oxygen atoms in total. The lowest BCUT2D eigenvalue weighted by molar-refractivity contribution is -0.119. The first-order valence-electron chi connectivity index (χ1n) is 5.71. The number of nitrogens with one attached hydrogen (secondary N) is 1. The van der Waals surface area contributed by atoms with Crippen LogP contribution in [-0.4, -0.2) is 19.0 Å². The molecule has 0 saturated heterocycles. The van der Waals surface area contributed by atoms with Gasteiger partial charge in [0, 0.05) is 6.42 Å². The molecule has 0 bridgehead atoms. The van der Waals surface area contributed by atoms with Crippen molar-refractivity contribution in [2.45, 2.75) is 39.0 Å². The fraction of sp³-hybridized carbons (Fsp3) is 0.909. The third kappa shape index (κ3) is 4.09. The SMILES string of the molecule is CCNC[C@H]1CC[C@@H](CC(N)=O)CC1. The first-order valence-corrected chi connectivity index (χ1v) is 5.71. The van der Waals surface area contributed by atoms with Crippen molar-refractivity contribution in [1.29, 1.82) is 0 Å². The number of nitrogens with two attached hydrogens (primary N) is 1. The predicted molar refractivity (Wildman–Crippen MR) is 57.8 cm³/mol. The number of hydrogen-bond acceptors (Lipinski definition) is 2. The minimum Gasteiger partial charge on any atom is -0.370 e. The van der Waals surface area contributed by atoms with E-state index in [-0.39, 0.29) is 5.91 Å². The van der Waals surface area contributed by atoms with Gasteiger partial charge in [-0.3, -0.25) is 4.79 Å². The van der Waals surface area contributed by atoms with Crippen molar-refractivity contribution < 1.29 is 4.79 Å². The molecule has 0 aromatic heterocycles. The van der Waals surface area contributed by atoms with E-state index < -0.39 is 0 Å². The molecule has 0 spiro atoms. The zero-order valence-corrected chi connectivity index (χ0v) is 9.09. The maximum absolute atomic E-state index is 10.7. The molecule has 1 rings (SSSR count).